The van der Waals surface area contributed by atoms with E-state index in [0.29, 0.717) is 34.2 Å². The summed E-state index contributed by atoms with van der Waals surface area (Å²) in [5.74, 6) is -0.388. The van der Waals surface area contributed by atoms with Crippen molar-refractivity contribution in [2.45, 2.75) is 12.3 Å². The van der Waals surface area contributed by atoms with E-state index in [-0.39, 0.29) is 28.7 Å². The fraction of sp³-hybridized carbons (Fsp3) is 0.100. The first-order valence-electron chi connectivity index (χ1n) is 9.15. The fourth-order valence-corrected chi connectivity index (χ4v) is 4.05. The molecule has 3 aromatic carbocycles. The Bertz CT molecular complexity index is 1240. The molecule has 12 heteroatoms. The molecule has 0 spiro atoms. The highest BCUT2D eigenvalue weighted by atomic mass is 32.1. The minimum absolute atomic E-state index is 0.165. The highest BCUT2D eigenvalue weighted by Crippen LogP contribution is 2.39. The lowest BCUT2D eigenvalue weighted by molar-refractivity contribution is -0.271. The van der Waals surface area contributed by atoms with E-state index in [1.807, 2.05) is 30.3 Å². The maximum Gasteiger partial charge on any atom is 0.283 e. The van der Waals surface area contributed by atoms with Crippen molar-refractivity contribution in [3.63, 3.8) is 0 Å². The maximum atomic E-state index is 12.2. The molecule has 8 nitrogen and oxygen atoms in total. The van der Waals surface area contributed by atoms with Crippen LogP contribution in [0.4, 0.5) is 22.7 Å². The summed E-state index contributed by atoms with van der Waals surface area (Å²) in [7, 11) is 0. The van der Waals surface area contributed by atoms with E-state index in [4.69, 9.17) is 0 Å². The number of hydrogen-bond acceptors (Lipinski definition) is 4. The van der Waals surface area contributed by atoms with Gasteiger partial charge < -0.3 is 0 Å². The Kier molecular flexibility index (Phi) is 7.82. The molecule has 0 aliphatic rings. The molecular weight excluding hydrogens is 489 g/mol. The summed E-state index contributed by atoms with van der Waals surface area (Å²) in [4.78, 5) is 47.5. The van der Waals surface area contributed by atoms with Crippen LogP contribution < -0.4 is 0 Å². The molecule has 3 aromatic rings. The average Bonchev–Trinajstić information content (AvgIpc) is 2.77. The third-order valence-electron chi connectivity index (χ3n) is 4.94. The van der Waals surface area contributed by atoms with Gasteiger partial charge in [-0.05, 0) is 24.1 Å². The molecule has 0 aliphatic heterocycles. The van der Waals surface area contributed by atoms with Crippen LogP contribution in [0.3, 0.4) is 0 Å². The normalized spacial score (nSPS) is 11.6. The van der Waals surface area contributed by atoms with Crippen LogP contribution in [-0.4, -0.2) is 16.7 Å². The zero-order chi connectivity index (χ0) is 23.4. The van der Waals surface area contributed by atoms with Gasteiger partial charge in [0.15, 0.2) is 0 Å². The molecule has 0 fully saturated rings. The van der Waals surface area contributed by atoms with Gasteiger partial charge in [0, 0.05) is 48.8 Å². The largest absolute Gasteiger partial charge is 0.283 e. The van der Waals surface area contributed by atoms with Crippen LogP contribution in [-0.2, 0) is 6.42 Å². The first kappa shape index (κ1) is 24.1. The summed E-state index contributed by atoms with van der Waals surface area (Å²) >= 11 is 15.3. The summed E-state index contributed by atoms with van der Waals surface area (Å²) in [6.45, 7) is 0. The SMILES string of the molecule is O=[N+](S)c1ccc(CC(c2ccccc2)c2ccc([N+](=O)S)cc2[N+](=O)S)c([N+](=O)S)c1. The van der Waals surface area contributed by atoms with E-state index < -0.39 is 0 Å². The van der Waals surface area contributed by atoms with E-state index in [9.17, 15) is 19.6 Å². The Labute approximate surface area is 205 Å². The molecule has 0 heterocycles. The second-order valence-corrected chi connectivity index (χ2v) is 8.27. The maximum absolute atomic E-state index is 12.2. The molecule has 0 aromatic heterocycles. The van der Waals surface area contributed by atoms with E-state index >= 15 is 0 Å². The van der Waals surface area contributed by atoms with Gasteiger partial charge in [0.1, 0.15) is 16.7 Å². The molecule has 0 radical (unpaired) electrons. The molecule has 1 unspecified atom stereocenters. The third kappa shape index (κ3) is 5.44. The highest BCUT2D eigenvalue weighted by Gasteiger charge is 2.31. The van der Waals surface area contributed by atoms with Crippen LogP contribution in [0.25, 0.3) is 0 Å². The number of rotatable bonds is 8. The molecule has 1 atom stereocenters. The Morgan fingerprint density at radius 3 is 1.69 bits per heavy atom. The zero-order valence-corrected chi connectivity index (χ0v) is 19.9. The Morgan fingerprint density at radius 1 is 0.625 bits per heavy atom. The van der Waals surface area contributed by atoms with Crippen LogP contribution in [0.2, 0.25) is 0 Å². The average molecular weight is 507 g/mol. The number of benzene rings is 3. The minimum atomic E-state index is -0.388. The lowest BCUT2D eigenvalue weighted by Crippen LogP contribution is -2.09. The van der Waals surface area contributed by atoms with Gasteiger partial charge in [-0.15, -0.1) is 0 Å². The van der Waals surface area contributed by atoms with Gasteiger partial charge in [0.2, 0.25) is 51.3 Å². The fourth-order valence-electron chi connectivity index (χ4n) is 3.45. The van der Waals surface area contributed by atoms with Crippen LogP contribution in [0.1, 0.15) is 22.6 Å². The van der Waals surface area contributed by atoms with E-state index in [2.05, 4.69) is 51.3 Å². The predicted octanol–water partition coefficient (Wildman–Crippen LogP) is 6.08. The molecule has 0 saturated carbocycles. The van der Waals surface area contributed by atoms with Gasteiger partial charge in [-0.2, -0.15) is 0 Å². The van der Waals surface area contributed by atoms with Crippen LogP contribution in [0, 0.1) is 19.6 Å². The second-order valence-electron chi connectivity index (χ2n) is 6.82. The van der Waals surface area contributed by atoms with Crippen molar-refractivity contribution >= 4 is 74.0 Å². The quantitative estimate of drug-likeness (QED) is 0.220. The predicted molar refractivity (Wildman–Crippen MR) is 134 cm³/mol. The molecular formula is C20H18N4O4S4+4. The Morgan fingerprint density at radius 2 is 1.16 bits per heavy atom. The van der Waals surface area contributed by atoms with Gasteiger partial charge in [-0.1, -0.05) is 30.3 Å². The minimum Gasteiger partial charge on any atom is -0.0622 e. The third-order valence-corrected chi connectivity index (χ3v) is 5.83. The van der Waals surface area contributed by atoms with E-state index in [1.54, 1.807) is 18.2 Å². The Hall–Kier alpha value is -2.54. The van der Waals surface area contributed by atoms with Crippen LogP contribution >= 0.6 is 51.3 Å². The zero-order valence-electron chi connectivity index (χ0n) is 16.3. The van der Waals surface area contributed by atoms with Gasteiger partial charge in [0.25, 0.3) is 22.7 Å². The Balaban J connectivity index is 2.19. The van der Waals surface area contributed by atoms with Crippen molar-refractivity contribution in [3.05, 3.63) is 103 Å². The standard InChI is InChI=1S/C20H18N4O4S4/c25-21(29)15-7-6-14(19(11-15)23(27)31)10-18(13-4-2-1-3-5-13)17-9-8-16(22(26)30)12-20(17)24(28)32/h1-9,11-12,18H,10H2,(H,25,29)(H,26,30)(H,27,31)(H,28,32)/q+4. The summed E-state index contributed by atoms with van der Waals surface area (Å²) in [6.07, 6.45) is 0.292. The van der Waals surface area contributed by atoms with Gasteiger partial charge in [-0.3, -0.25) is 0 Å². The number of hydrogen-bond donors (Lipinski definition) is 4. The monoisotopic (exact) mass is 506 g/mol. The van der Waals surface area contributed by atoms with Crippen LogP contribution in [0.5, 0.6) is 0 Å². The molecule has 0 bridgehead atoms. The van der Waals surface area contributed by atoms with Gasteiger partial charge in [-0.25, -0.2) is 0 Å². The first-order valence-corrected chi connectivity index (χ1v) is 10.8. The molecule has 32 heavy (non-hydrogen) atoms. The van der Waals surface area contributed by atoms with Gasteiger partial charge >= 0.3 is 0 Å². The number of nitrogens with zero attached hydrogens (tertiary/aromatic N) is 4. The van der Waals surface area contributed by atoms with Crippen molar-refractivity contribution in [3.8, 4) is 0 Å². The molecule has 0 amide bonds. The first-order chi connectivity index (χ1) is 15.2. The van der Waals surface area contributed by atoms with Crippen LogP contribution in [0.15, 0.2) is 66.7 Å². The van der Waals surface area contributed by atoms with E-state index in [1.165, 1.54) is 18.2 Å². The summed E-state index contributed by atoms with van der Waals surface area (Å²) < 4.78 is 1.45. The smallest absolute Gasteiger partial charge is 0.0622 e. The van der Waals surface area contributed by atoms with Crippen molar-refractivity contribution < 1.29 is 16.7 Å². The van der Waals surface area contributed by atoms with Crippen molar-refractivity contribution in [2.75, 3.05) is 0 Å². The summed E-state index contributed by atoms with van der Waals surface area (Å²) in [6, 6.07) is 18.5. The topological polar surface area (TPSA) is 80.3 Å². The summed E-state index contributed by atoms with van der Waals surface area (Å²) in [5, 5.41) is 0. The number of thiol groups is 4. The second kappa shape index (κ2) is 10.4. The number of nitroso groups, excluding NO2 is 4. The van der Waals surface area contributed by atoms with Gasteiger partial charge in [0.05, 0.1) is 12.1 Å². The van der Waals surface area contributed by atoms with Crippen molar-refractivity contribution in [1.82, 2.24) is 0 Å². The highest BCUT2D eigenvalue weighted by molar-refractivity contribution is 7.74. The van der Waals surface area contributed by atoms with E-state index in [0.717, 1.165) is 5.56 Å². The molecule has 0 saturated heterocycles. The molecule has 3 rings (SSSR count). The summed E-state index contributed by atoms with van der Waals surface area (Å²) in [5.41, 5.74) is 2.73. The lowest BCUT2D eigenvalue weighted by Gasteiger charge is -2.17. The van der Waals surface area contributed by atoms with Crippen molar-refractivity contribution in [2.24, 2.45) is 0 Å². The van der Waals surface area contributed by atoms with Crippen molar-refractivity contribution in [1.29, 1.82) is 0 Å². The molecule has 0 aliphatic carbocycles. The lowest BCUT2D eigenvalue weighted by atomic mass is 9.84. The molecule has 0 N–H and O–H groups in total. The molecule has 162 valence electrons.